The Balaban J connectivity index is 1.56. The number of aliphatic imine (C=N–C) groups is 1. The molecule has 1 heterocycles. The summed E-state index contributed by atoms with van der Waals surface area (Å²) in [5.74, 6) is -0.929. The van der Waals surface area contributed by atoms with Gasteiger partial charge in [0.2, 0.25) is 6.17 Å². The van der Waals surface area contributed by atoms with Crippen molar-refractivity contribution in [3.63, 3.8) is 0 Å². The first-order valence-electron chi connectivity index (χ1n) is 10.5. The Kier molecular flexibility index (Phi) is 7.14. The topological polar surface area (TPSA) is 73.8 Å². The van der Waals surface area contributed by atoms with E-state index in [1.165, 1.54) is 11.0 Å². The number of benzene rings is 3. The van der Waals surface area contributed by atoms with Gasteiger partial charge in [-0.3, -0.25) is 4.79 Å². The van der Waals surface area contributed by atoms with Crippen LogP contribution in [-0.2, 0) is 11.2 Å². The highest BCUT2D eigenvalue weighted by molar-refractivity contribution is 6.42. The Hall–Kier alpha value is -3.42. The largest absolute Gasteiger partial charge is 0.338 e. The summed E-state index contributed by atoms with van der Waals surface area (Å²) < 4.78 is 14.7. The van der Waals surface area contributed by atoms with Crippen LogP contribution >= 0.6 is 23.2 Å². The van der Waals surface area contributed by atoms with Crippen LogP contribution < -0.4 is 15.5 Å². The number of nitrogens with zero attached hydrogens (tertiary/aromatic N) is 2. The Morgan fingerprint density at radius 2 is 1.74 bits per heavy atom. The molecule has 3 amide bonds. The molecule has 2 N–H and O–H groups in total. The molecule has 4 rings (SSSR count). The Bertz CT molecular complexity index is 1280. The van der Waals surface area contributed by atoms with Crippen LogP contribution in [0.4, 0.5) is 14.9 Å². The van der Waals surface area contributed by atoms with E-state index >= 15 is 0 Å². The van der Waals surface area contributed by atoms with Crippen molar-refractivity contribution in [2.24, 2.45) is 4.99 Å². The van der Waals surface area contributed by atoms with E-state index in [-0.39, 0.29) is 17.8 Å². The molecule has 34 heavy (non-hydrogen) atoms. The number of hydrogen-bond acceptors (Lipinski definition) is 3. The number of carbonyl (C=O) groups is 2. The van der Waals surface area contributed by atoms with Gasteiger partial charge in [0.15, 0.2) is 0 Å². The molecular formula is C25H21Cl2FN4O2. The predicted octanol–water partition coefficient (Wildman–Crippen LogP) is 4.81. The fraction of sp³-hybridized carbons (Fsp3) is 0.160. The van der Waals surface area contributed by atoms with Gasteiger partial charge in [0, 0.05) is 24.7 Å². The van der Waals surface area contributed by atoms with Crippen LogP contribution in [0.5, 0.6) is 0 Å². The van der Waals surface area contributed by atoms with Crippen molar-refractivity contribution >= 4 is 46.5 Å². The SMILES string of the molecule is CN1C(=O)C(NC(=O)NCCc2cccc(Cl)c2Cl)N=C(c2ccccc2F)c2ccccc21. The van der Waals surface area contributed by atoms with E-state index < -0.39 is 23.9 Å². The van der Waals surface area contributed by atoms with E-state index in [9.17, 15) is 14.0 Å². The highest BCUT2D eigenvalue weighted by Crippen LogP contribution is 2.28. The van der Waals surface area contributed by atoms with Gasteiger partial charge < -0.3 is 15.5 Å². The second kappa shape index (κ2) is 10.2. The maximum absolute atomic E-state index is 14.7. The fourth-order valence-corrected chi connectivity index (χ4v) is 4.13. The molecule has 9 heteroatoms. The number of fused-ring (bicyclic) bond motifs is 1. The predicted molar refractivity (Wildman–Crippen MR) is 132 cm³/mol. The smallest absolute Gasteiger partial charge is 0.316 e. The molecule has 0 saturated carbocycles. The highest BCUT2D eigenvalue weighted by atomic mass is 35.5. The second-order valence-electron chi connectivity index (χ2n) is 7.64. The van der Waals surface area contributed by atoms with Crippen molar-refractivity contribution in [2.75, 3.05) is 18.5 Å². The molecule has 0 spiro atoms. The van der Waals surface area contributed by atoms with Crippen LogP contribution in [0.15, 0.2) is 71.7 Å². The molecule has 0 fully saturated rings. The van der Waals surface area contributed by atoms with Gasteiger partial charge >= 0.3 is 6.03 Å². The minimum atomic E-state index is -1.25. The number of benzodiazepines with no additional fused rings is 1. The monoisotopic (exact) mass is 498 g/mol. The van der Waals surface area contributed by atoms with Crippen LogP contribution in [0, 0.1) is 5.82 Å². The molecular weight excluding hydrogens is 478 g/mol. The average Bonchev–Trinajstić information content (AvgIpc) is 2.93. The normalized spacial score (nSPS) is 15.3. The van der Waals surface area contributed by atoms with E-state index in [4.69, 9.17) is 23.2 Å². The maximum atomic E-state index is 14.7. The van der Waals surface area contributed by atoms with Crippen LogP contribution in [0.3, 0.4) is 0 Å². The summed E-state index contributed by atoms with van der Waals surface area (Å²) in [6.07, 6.45) is -0.803. The van der Waals surface area contributed by atoms with Gasteiger partial charge in [0.25, 0.3) is 5.91 Å². The zero-order valence-corrected chi connectivity index (χ0v) is 19.7. The molecule has 3 aromatic carbocycles. The standard InChI is InChI=1S/C25H21Cl2FN4O2/c1-32-20-12-5-3-9-17(20)22(16-8-2-4-11-19(16)28)30-23(24(32)33)31-25(34)29-14-13-15-7-6-10-18(26)21(15)27/h2-12,23H,13-14H2,1H3,(H2,29,31,34). The summed E-state index contributed by atoms with van der Waals surface area (Å²) >= 11 is 12.2. The quantitative estimate of drug-likeness (QED) is 0.529. The van der Waals surface area contributed by atoms with Gasteiger partial charge in [0.05, 0.1) is 21.4 Å². The molecule has 3 aromatic rings. The van der Waals surface area contributed by atoms with E-state index in [1.54, 1.807) is 61.6 Å². The molecule has 1 aliphatic heterocycles. The van der Waals surface area contributed by atoms with Crippen LogP contribution in [-0.4, -0.2) is 37.4 Å². The van der Waals surface area contributed by atoms with Gasteiger partial charge in [-0.15, -0.1) is 0 Å². The summed E-state index contributed by atoms with van der Waals surface area (Å²) in [6, 6.07) is 18.0. The molecule has 0 bridgehead atoms. The molecule has 1 aliphatic rings. The zero-order chi connectivity index (χ0) is 24.2. The number of hydrogen-bond donors (Lipinski definition) is 2. The number of urea groups is 1. The lowest BCUT2D eigenvalue weighted by atomic mass is 10.00. The first kappa shape index (κ1) is 23.7. The van der Waals surface area contributed by atoms with Crippen molar-refractivity contribution in [2.45, 2.75) is 12.6 Å². The minimum Gasteiger partial charge on any atom is -0.338 e. The summed E-state index contributed by atoms with van der Waals surface area (Å²) in [7, 11) is 1.59. The number of amides is 3. The van der Waals surface area contributed by atoms with Crippen molar-refractivity contribution in [1.29, 1.82) is 0 Å². The van der Waals surface area contributed by atoms with Crippen LogP contribution in [0.2, 0.25) is 10.0 Å². The summed E-state index contributed by atoms with van der Waals surface area (Å²) in [6.45, 7) is 0.257. The lowest BCUT2D eigenvalue weighted by Gasteiger charge is -2.21. The first-order chi connectivity index (χ1) is 16.4. The van der Waals surface area contributed by atoms with Crippen molar-refractivity contribution in [1.82, 2.24) is 10.6 Å². The number of likely N-dealkylation sites (N-methyl/N-ethyl adjacent to an activating group) is 1. The third kappa shape index (κ3) is 4.90. The Labute approximate surface area is 206 Å². The van der Waals surface area contributed by atoms with Crippen LogP contribution in [0.25, 0.3) is 0 Å². The van der Waals surface area contributed by atoms with Gasteiger partial charge in [-0.1, -0.05) is 65.7 Å². The van der Waals surface area contributed by atoms with E-state index in [0.717, 1.165) is 5.56 Å². The van der Waals surface area contributed by atoms with E-state index in [2.05, 4.69) is 15.6 Å². The number of rotatable bonds is 5. The van der Waals surface area contributed by atoms with Gasteiger partial charge in [-0.25, -0.2) is 14.2 Å². The lowest BCUT2D eigenvalue weighted by Crippen LogP contribution is -2.49. The summed E-state index contributed by atoms with van der Waals surface area (Å²) in [4.78, 5) is 31.6. The number of carbonyl (C=O) groups excluding carboxylic acids is 2. The summed E-state index contributed by atoms with van der Waals surface area (Å²) in [5.41, 5.74) is 2.46. The molecule has 0 aliphatic carbocycles. The molecule has 1 atom stereocenters. The van der Waals surface area contributed by atoms with Crippen molar-refractivity contribution in [3.8, 4) is 0 Å². The molecule has 0 radical (unpaired) electrons. The fourth-order valence-electron chi connectivity index (χ4n) is 3.71. The molecule has 0 aromatic heterocycles. The van der Waals surface area contributed by atoms with E-state index in [0.29, 0.717) is 27.7 Å². The van der Waals surface area contributed by atoms with Crippen LogP contribution in [0.1, 0.15) is 16.7 Å². The second-order valence-corrected chi connectivity index (χ2v) is 8.42. The third-order valence-electron chi connectivity index (χ3n) is 5.45. The third-order valence-corrected chi connectivity index (χ3v) is 6.31. The summed E-state index contributed by atoms with van der Waals surface area (Å²) in [5, 5.41) is 6.17. The molecule has 0 saturated heterocycles. The first-order valence-corrected chi connectivity index (χ1v) is 11.3. The van der Waals surface area contributed by atoms with Gasteiger partial charge in [0.1, 0.15) is 5.82 Å². The average molecular weight is 499 g/mol. The number of nitrogens with one attached hydrogen (secondary N) is 2. The molecule has 6 nitrogen and oxygen atoms in total. The maximum Gasteiger partial charge on any atom is 0.316 e. The number of anilines is 1. The number of halogens is 3. The number of para-hydroxylation sites is 1. The zero-order valence-electron chi connectivity index (χ0n) is 18.2. The molecule has 1 unspecified atom stereocenters. The minimum absolute atomic E-state index is 0.237. The van der Waals surface area contributed by atoms with Crippen molar-refractivity contribution < 1.29 is 14.0 Å². The highest BCUT2D eigenvalue weighted by Gasteiger charge is 2.31. The van der Waals surface area contributed by atoms with Crippen molar-refractivity contribution in [3.05, 3.63) is 99.3 Å². The van der Waals surface area contributed by atoms with Gasteiger partial charge in [-0.05, 0) is 36.2 Å². The van der Waals surface area contributed by atoms with Gasteiger partial charge in [-0.2, -0.15) is 0 Å². The Morgan fingerprint density at radius 1 is 1.03 bits per heavy atom. The Morgan fingerprint density at radius 3 is 2.50 bits per heavy atom. The molecule has 174 valence electrons. The van der Waals surface area contributed by atoms with E-state index in [1.807, 2.05) is 6.07 Å². The lowest BCUT2D eigenvalue weighted by molar-refractivity contribution is -0.119.